The van der Waals surface area contributed by atoms with Gasteiger partial charge in [0.1, 0.15) is 23.1 Å². The molecule has 0 unspecified atom stereocenters. The van der Waals surface area contributed by atoms with Crippen molar-refractivity contribution in [2.75, 3.05) is 32.0 Å². The molecule has 2 aromatic carbocycles. The Balaban J connectivity index is 1.81. The van der Waals surface area contributed by atoms with Crippen LogP contribution in [-0.4, -0.2) is 32.2 Å². The predicted octanol–water partition coefficient (Wildman–Crippen LogP) is 4.41. The maximum absolute atomic E-state index is 12.7. The minimum atomic E-state index is -0.263. The third kappa shape index (κ3) is 4.76. The number of ether oxygens (including phenoxy) is 3. The number of anilines is 3. The van der Waals surface area contributed by atoms with E-state index in [1.807, 2.05) is 37.3 Å². The molecule has 0 aliphatic rings. The molecule has 7 nitrogen and oxygen atoms in total. The van der Waals surface area contributed by atoms with Gasteiger partial charge in [0.25, 0.3) is 5.91 Å². The van der Waals surface area contributed by atoms with Crippen LogP contribution in [0.15, 0.2) is 54.7 Å². The Kier molecular flexibility index (Phi) is 6.19. The van der Waals surface area contributed by atoms with Crippen molar-refractivity contribution in [3.05, 3.63) is 65.9 Å². The van der Waals surface area contributed by atoms with Crippen LogP contribution in [0.3, 0.4) is 0 Å². The topological polar surface area (TPSA) is 81.7 Å². The fraction of sp³-hybridized carbons (Fsp3) is 0.182. The molecule has 3 aromatic rings. The minimum absolute atomic E-state index is 0.263. The van der Waals surface area contributed by atoms with Crippen molar-refractivity contribution in [1.82, 2.24) is 4.98 Å². The Labute approximate surface area is 169 Å². The van der Waals surface area contributed by atoms with Crippen LogP contribution in [0, 0.1) is 6.92 Å². The van der Waals surface area contributed by atoms with Crippen LogP contribution < -0.4 is 24.8 Å². The lowest BCUT2D eigenvalue weighted by Crippen LogP contribution is -2.13. The van der Waals surface area contributed by atoms with E-state index >= 15 is 0 Å². The van der Waals surface area contributed by atoms with E-state index in [0.717, 1.165) is 5.56 Å². The van der Waals surface area contributed by atoms with Gasteiger partial charge in [-0.15, -0.1) is 0 Å². The second-order valence-electron chi connectivity index (χ2n) is 6.28. The van der Waals surface area contributed by atoms with Gasteiger partial charge in [-0.3, -0.25) is 4.79 Å². The number of benzene rings is 2. The van der Waals surface area contributed by atoms with Crippen molar-refractivity contribution in [2.24, 2.45) is 0 Å². The molecule has 1 aromatic heterocycles. The first-order chi connectivity index (χ1) is 14.0. The lowest BCUT2D eigenvalue weighted by atomic mass is 10.2. The van der Waals surface area contributed by atoms with Crippen LogP contribution in [0.5, 0.6) is 17.2 Å². The molecule has 1 amide bonds. The number of nitrogens with zero attached hydrogens (tertiary/aromatic N) is 1. The number of pyridine rings is 1. The van der Waals surface area contributed by atoms with E-state index in [2.05, 4.69) is 15.6 Å². The van der Waals surface area contributed by atoms with Gasteiger partial charge in [0, 0.05) is 17.8 Å². The molecule has 3 rings (SSSR count). The highest BCUT2D eigenvalue weighted by Gasteiger charge is 2.12. The molecular weight excluding hydrogens is 370 g/mol. The van der Waals surface area contributed by atoms with Crippen LogP contribution in [0.1, 0.15) is 15.9 Å². The van der Waals surface area contributed by atoms with E-state index in [9.17, 15) is 4.79 Å². The lowest BCUT2D eigenvalue weighted by Gasteiger charge is -2.13. The molecule has 29 heavy (non-hydrogen) atoms. The average Bonchev–Trinajstić information content (AvgIpc) is 2.74. The van der Waals surface area contributed by atoms with Crippen molar-refractivity contribution >= 4 is 23.1 Å². The molecule has 7 heteroatoms. The fourth-order valence-corrected chi connectivity index (χ4v) is 2.79. The first kappa shape index (κ1) is 20.0. The summed E-state index contributed by atoms with van der Waals surface area (Å²) < 4.78 is 15.9. The Hall–Kier alpha value is -3.74. The molecule has 0 radical (unpaired) electrons. The molecule has 0 atom stereocenters. The van der Waals surface area contributed by atoms with Crippen LogP contribution in [0.25, 0.3) is 0 Å². The number of hydrogen-bond acceptors (Lipinski definition) is 6. The number of aromatic nitrogens is 1. The highest BCUT2D eigenvalue weighted by Crippen LogP contribution is 2.31. The number of rotatable bonds is 7. The van der Waals surface area contributed by atoms with Gasteiger partial charge in [-0.25, -0.2) is 4.98 Å². The highest BCUT2D eigenvalue weighted by atomic mass is 16.5. The highest BCUT2D eigenvalue weighted by molar-refractivity contribution is 6.05. The largest absolute Gasteiger partial charge is 0.497 e. The zero-order valence-corrected chi connectivity index (χ0v) is 16.8. The summed E-state index contributed by atoms with van der Waals surface area (Å²) in [6.07, 6.45) is 1.57. The molecule has 2 N–H and O–H groups in total. The number of carbonyl (C=O) groups excluding carboxylic acids is 1. The summed E-state index contributed by atoms with van der Waals surface area (Å²) in [5, 5.41) is 6.06. The molecule has 1 heterocycles. The van der Waals surface area contributed by atoms with Gasteiger partial charge in [0.2, 0.25) is 0 Å². The molecule has 0 bridgehead atoms. The van der Waals surface area contributed by atoms with E-state index < -0.39 is 0 Å². The monoisotopic (exact) mass is 393 g/mol. The Morgan fingerprint density at radius 1 is 0.862 bits per heavy atom. The lowest BCUT2D eigenvalue weighted by molar-refractivity contribution is 0.102. The second-order valence-corrected chi connectivity index (χ2v) is 6.28. The summed E-state index contributed by atoms with van der Waals surface area (Å²) in [6, 6.07) is 14.3. The van der Waals surface area contributed by atoms with Crippen molar-refractivity contribution in [3.63, 3.8) is 0 Å². The quantitative estimate of drug-likeness (QED) is 0.619. The standard InChI is InChI=1S/C22H23N3O4/c1-14-5-8-19(28-3)18(11-14)25-22(26)15-9-10-23-21(12-15)24-17-7-6-16(27-2)13-20(17)29-4/h5-13H,1-4H3,(H,23,24)(H,25,26). The summed E-state index contributed by atoms with van der Waals surface area (Å²) >= 11 is 0. The van der Waals surface area contributed by atoms with E-state index in [1.165, 1.54) is 0 Å². The van der Waals surface area contributed by atoms with Crippen LogP contribution in [0.4, 0.5) is 17.2 Å². The van der Waals surface area contributed by atoms with Gasteiger partial charge >= 0.3 is 0 Å². The number of methoxy groups -OCH3 is 3. The van der Waals surface area contributed by atoms with Gasteiger partial charge in [0.05, 0.1) is 32.7 Å². The van der Waals surface area contributed by atoms with Crippen molar-refractivity contribution in [3.8, 4) is 17.2 Å². The number of nitrogens with one attached hydrogen (secondary N) is 2. The van der Waals surface area contributed by atoms with Crippen molar-refractivity contribution in [2.45, 2.75) is 6.92 Å². The van der Waals surface area contributed by atoms with Crippen LogP contribution >= 0.6 is 0 Å². The third-order valence-corrected chi connectivity index (χ3v) is 4.30. The van der Waals surface area contributed by atoms with E-state index in [1.54, 1.807) is 45.7 Å². The van der Waals surface area contributed by atoms with Crippen molar-refractivity contribution < 1.29 is 19.0 Å². The van der Waals surface area contributed by atoms with E-state index in [4.69, 9.17) is 14.2 Å². The van der Waals surface area contributed by atoms with Gasteiger partial charge in [0.15, 0.2) is 0 Å². The maximum Gasteiger partial charge on any atom is 0.255 e. The number of hydrogen-bond donors (Lipinski definition) is 2. The van der Waals surface area contributed by atoms with Gasteiger partial charge in [-0.05, 0) is 48.9 Å². The predicted molar refractivity (Wildman–Crippen MR) is 113 cm³/mol. The number of carbonyl (C=O) groups is 1. The summed E-state index contributed by atoms with van der Waals surface area (Å²) in [5.41, 5.74) is 2.79. The number of amides is 1. The van der Waals surface area contributed by atoms with Crippen molar-refractivity contribution in [1.29, 1.82) is 0 Å². The first-order valence-electron chi connectivity index (χ1n) is 8.95. The van der Waals surface area contributed by atoms with E-state index in [0.29, 0.717) is 40.0 Å². The summed E-state index contributed by atoms with van der Waals surface area (Å²) in [5.74, 6) is 2.13. The summed E-state index contributed by atoms with van der Waals surface area (Å²) in [4.78, 5) is 17.0. The molecule has 0 aliphatic carbocycles. The fourth-order valence-electron chi connectivity index (χ4n) is 2.79. The Morgan fingerprint density at radius 3 is 2.38 bits per heavy atom. The van der Waals surface area contributed by atoms with Gasteiger partial charge in [-0.1, -0.05) is 6.07 Å². The molecule has 0 fully saturated rings. The molecule has 0 spiro atoms. The normalized spacial score (nSPS) is 10.2. The summed E-state index contributed by atoms with van der Waals surface area (Å²) in [6.45, 7) is 1.95. The van der Waals surface area contributed by atoms with E-state index in [-0.39, 0.29) is 5.91 Å². The zero-order valence-electron chi connectivity index (χ0n) is 16.8. The minimum Gasteiger partial charge on any atom is -0.497 e. The second kappa shape index (κ2) is 8.97. The SMILES string of the molecule is COc1ccc(Nc2cc(C(=O)Nc3cc(C)ccc3OC)ccn2)c(OC)c1. The zero-order chi connectivity index (χ0) is 20.8. The maximum atomic E-state index is 12.7. The van der Waals surface area contributed by atoms with Gasteiger partial charge in [-0.2, -0.15) is 0 Å². The van der Waals surface area contributed by atoms with Gasteiger partial charge < -0.3 is 24.8 Å². The van der Waals surface area contributed by atoms with Crippen LogP contribution in [0.2, 0.25) is 0 Å². The Morgan fingerprint density at radius 2 is 1.66 bits per heavy atom. The smallest absolute Gasteiger partial charge is 0.255 e. The average molecular weight is 393 g/mol. The Bertz CT molecular complexity index is 1020. The molecular formula is C22H23N3O4. The molecule has 0 saturated carbocycles. The van der Waals surface area contributed by atoms with Crippen LogP contribution in [-0.2, 0) is 0 Å². The molecule has 0 aliphatic heterocycles. The number of aryl methyl sites for hydroxylation is 1. The summed E-state index contributed by atoms with van der Waals surface area (Å²) in [7, 11) is 4.73. The molecule has 150 valence electrons. The molecule has 0 saturated heterocycles. The third-order valence-electron chi connectivity index (χ3n) is 4.30. The first-order valence-corrected chi connectivity index (χ1v) is 8.95.